The zero-order valence-electron chi connectivity index (χ0n) is 12.9. The van der Waals surface area contributed by atoms with Crippen molar-refractivity contribution in [2.24, 2.45) is 0 Å². The smallest absolute Gasteiger partial charge is 0.133 e. The van der Waals surface area contributed by atoms with Gasteiger partial charge in [-0.2, -0.15) is 0 Å². The van der Waals surface area contributed by atoms with Crippen LogP contribution in [0.25, 0.3) is 0 Å². The Labute approximate surface area is 132 Å². The lowest BCUT2D eigenvalue weighted by atomic mass is 10.1. The van der Waals surface area contributed by atoms with E-state index in [4.69, 9.17) is 4.74 Å². The lowest BCUT2D eigenvalue weighted by Gasteiger charge is -2.23. The summed E-state index contributed by atoms with van der Waals surface area (Å²) < 4.78 is 5.09. The number of nitrogens with zero attached hydrogens (tertiary/aromatic N) is 1. The number of ether oxygens (including phenoxy) is 1. The van der Waals surface area contributed by atoms with Crippen LogP contribution < -0.4 is 0 Å². The molecule has 2 aromatic carbocycles. The average molecular weight is 297 g/mol. The van der Waals surface area contributed by atoms with Gasteiger partial charge in [0.15, 0.2) is 0 Å². The van der Waals surface area contributed by atoms with Gasteiger partial charge in [0.2, 0.25) is 0 Å². The van der Waals surface area contributed by atoms with Gasteiger partial charge in [-0.3, -0.25) is 4.90 Å². The first-order valence-electron chi connectivity index (χ1n) is 7.70. The first-order chi connectivity index (χ1) is 10.9. The molecule has 3 rings (SSSR count). The summed E-state index contributed by atoms with van der Waals surface area (Å²) in [5.74, 6) is 0. The van der Waals surface area contributed by atoms with E-state index in [-0.39, 0.29) is 0 Å². The minimum absolute atomic E-state index is 0.559. The molecule has 0 bridgehead atoms. The van der Waals surface area contributed by atoms with Gasteiger partial charge in [0, 0.05) is 13.1 Å². The highest BCUT2D eigenvalue weighted by molar-refractivity contribution is 5.51. The van der Waals surface area contributed by atoms with E-state index in [1.54, 1.807) is 0 Å². The Bertz CT molecular complexity index is 484. The van der Waals surface area contributed by atoms with Crippen molar-refractivity contribution in [2.75, 3.05) is 32.8 Å². The second kappa shape index (κ2) is 9.87. The lowest BCUT2D eigenvalue weighted by Crippen LogP contribution is -2.37. The third-order valence-electron chi connectivity index (χ3n) is 3.53. The molecule has 116 valence electrons. The van der Waals surface area contributed by atoms with E-state index in [2.05, 4.69) is 65.6 Å². The summed E-state index contributed by atoms with van der Waals surface area (Å²) in [4.78, 5) is 12.1. The van der Waals surface area contributed by atoms with Crippen LogP contribution in [-0.2, 0) is 16.0 Å². The molecule has 1 aliphatic rings. The lowest BCUT2D eigenvalue weighted by molar-refractivity contribution is -0.109. The van der Waals surface area contributed by atoms with Gasteiger partial charge in [-0.1, -0.05) is 60.7 Å². The van der Waals surface area contributed by atoms with E-state index >= 15 is 0 Å². The number of morpholine rings is 1. The third-order valence-corrected chi connectivity index (χ3v) is 3.53. The fraction of sp³-hybridized carbons (Fsp3) is 0.316. The molecule has 2 aromatic rings. The molecular formula is C19H23NO2. The molecular weight excluding hydrogens is 274 g/mol. The molecule has 0 saturated carbocycles. The summed E-state index contributed by atoms with van der Waals surface area (Å²) in [5.41, 5.74) is 2.74. The molecule has 0 N–H and O–H groups in total. The molecule has 0 aliphatic carbocycles. The second-order valence-corrected chi connectivity index (χ2v) is 5.23. The minimum atomic E-state index is 0.559. The maximum absolute atomic E-state index is 9.99. The number of benzene rings is 2. The van der Waals surface area contributed by atoms with Gasteiger partial charge >= 0.3 is 0 Å². The van der Waals surface area contributed by atoms with Gasteiger partial charge in [0.25, 0.3) is 0 Å². The van der Waals surface area contributed by atoms with Gasteiger partial charge in [-0.15, -0.1) is 0 Å². The maximum Gasteiger partial charge on any atom is 0.133 e. The number of carbonyl (C=O) groups excluding carboxylic acids is 1. The zero-order chi connectivity index (χ0) is 15.5. The Kier molecular flexibility index (Phi) is 7.36. The standard InChI is InChI=1S/C13H12.C6H11NO2/c1-3-7-12(8-4-1)11-13-9-5-2-6-10-13;8-4-1-7-2-5-9-6-3-7/h1-10H,11H2;4H,1-3,5-6H2. The quantitative estimate of drug-likeness (QED) is 0.813. The molecule has 0 amide bonds. The van der Waals surface area contributed by atoms with E-state index in [0.717, 1.165) is 39.0 Å². The van der Waals surface area contributed by atoms with Gasteiger partial charge < -0.3 is 9.53 Å². The average Bonchev–Trinajstić information content (AvgIpc) is 2.59. The summed E-state index contributed by atoms with van der Waals surface area (Å²) in [6.45, 7) is 3.91. The molecule has 0 unspecified atom stereocenters. The highest BCUT2D eigenvalue weighted by atomic mass is 16.5. The molecule has 0 spiro atoms. The van der Waals surface area contributed by atoms with Crippen molar-refractivity contribution in [3.63, 3.8) is 0 Å². The predicted molar refractivity (Wildman–Crippen MR) is 89.0 cm³/mol. The Morgan fingerprint density at radius 2 is 1.36 bits per heavy atom. The molecule has 1 saturated heterocycles. The summed E-state index contributed by atoms with van der Waals surface area (Å²) in [6, 6.07) is 21.1. The van der Waals surface area contributed by atoms with E-state index in [9.17, 15) is 4.79 Å². The Balaban J connectivity index is 0.000000172. The zero-order valence-corrected chi connectivity index (χ0v) is 12.9. The fourth-order valence-electron chi connectivity index (χ4n) is 2.32. The van der Waals surface area contributed by atoms with Crippen LogP contribution in [-0.4, -0.2) is 44.0 Å². The van der Waals surface area contributed by atoms with Gasteiger partial charge in [-0.25, -0.2) is 0 Å². The van der Waals surface area contributed by atoms with Gasteiger partial charge in [0.05, 0.1) is 19.8 Å². The largest absolute Gasteiger partial charge is 0.379 e. The van der Waals surface area contributed by atoms with Crippen molar-refractivity contribution in [3.8, 4) is 0 Å². The number of carbonyl (C=O) groups is 1. The highest BCUT2D eigenvalue weighted by Crippen LogP contribution is 2.07. The summed E-state index contributed by atoms with van der Waals surface area (Å²) >= 11 is 0. The highest BCUT2D eigenvalue weighted by Gasteiger charge is 2.07. The molecule has 1 fully saturated rings. The Morgan fingerprint density at radius 3 is 1.82 bits per heavy atom. The Hall–Kier alpha value is -1.97. The van der Waals surface area contributed by atoms with Crippen molar-refractivity contribution in [3.05, 3.63) is 71.8 Å². The SMILES string of the molecule is O=CCN1CCOCC1.c1ccc(Cc2ccccc2)cc1. The van der Waals surface area contributed by atoms with E-state index in [1.807, 2.05) is 0 Å². The van der Waals surface area contributed by atoms with Crippen LogP contribution in [0.4, 0.5) is 0 Å². The monoisotopic (exact) mass is 297 g/mol. The first-order valence-corrected chi connectivity index (χ1v) is 7.70. The molecule has 1 heterocycles. The van der Waals surface area contributed by atoms with Crippen LogP contribution in [0.1, 0.15) is 11.1 Å². The van der Waals surface area contributed by atoms with Crippen LogP contribution in [0.2, 0.25) is 0 Å². The van der Waals surface area contributed by atoms with Crippen molar-refractivity contribution >= 4 is 6.29 Å². The summed E-state index contributed by atoms with van der Waals surface area (Å²) in [6.07, 6.45) is 1.97. The summed E-state index contributed by atoms with van der Waals surface area (Å²) in [5, 5.41) is 0. The molecule has 3 heteroatoms. The minimum Gasteiger partial charge on any atom is -0.379 e. The van der Waals surface area contributed by atoms with E-state index in [0.29, 0.717) is 6.54 Å². The van der Waals surface area contributed by atoms with E-state index < -0.39 is 0 Å². The normalized spacial score (nSPS) is 14.7. The number of rotatable bonds is 4. The van der Waals surface area contributed by atoms with Gasteiger partial charge in [0.1, 0.15) is 6.29 Å². The molecule has 22 heavy (non-hydrogen) atoms. The topological polar surface area (TPSA) is 29.5 Å². The maximum atomic E-state index is 9.99. The van der Waals surface area contributed by atoms with Crippen molar-refractivity contribution < 1.29 is 9.53 Å². The summed E-state index contributed by atoms with van der Waals surface area (Å²) in [7, 11) is 0. The fourth-order valence-corrected chi connectivity index (χ4v) is 2.32. The van der Waals surface area contributed by atoms with Crippen LogP contribution in [0.15, 0.2) is 60.7 Å². The number of hydrogen-bond donors (Lipinski definition) is 0. The van der Waals surface area contributed by atoms with E-state index in [1.165, 1.54) is 11.1 Å². The molecule has 1 aliphatic heterocycles. The third kappa shape index (κ3) is 6.20. The predicted octanol–water partition coefficient (Wildman–Crippen LogP) is 2.79. The second-order valence-electron chi connectivity index (χ2n) is 5.23. The van der Waals surface area contributed by atoms with Crippen molar-refractivity contribution in [2.45, 2.75) is 6.42 Å². The van der Waals surface area contributed by atoms with Crippen LogP contribution in [0.3, 0.4) is 0 Å². The number of hydrogen-bond acceptors (Lipinski definition) is 3. The first kappa shape index (κ1) is 16.4. The number of aldehydes is 1. The molecule has 3 nitrogen and oxygen atoms in total. The Morgan fingerprint density at radius 1 is 0.864 bits per heavy atom. The van der Waals surface area contributed by atoms with Crippen LogP contribution >= 0.6 is 0 Å². The van der Waals surface area contributed by atoms with Crippen LogP contribution in [0, 0.1) is 0 Å². The molecule has 0 atom stereocenters. The van der Waals surface area contributed by atoms with Crippen molar-refractivity contribution in [1.29, 1.82) is 0 Å². The van der Waals surface area contributed by atoms with Gasteiger partial charge in [-0.05, 0) is 17.5 Å². The van der Waals surface area contributed by atoms with Crippen LogP contribution in [0.5, 0.6) is 0 Å². The van der Waals surface area contributed by atoms with Crippen molar-refractivity contribution in [1.82, 2.24) is 4.90 Å². The molecule has 0 aromatic heterocycles. The molecule has 0 radical (unpaired) electrons.